The number of alkyl halides is 1. The standard InChI is InChI=1S/C7H8ClN3O2/c1-4-9-5(2-6(12)10-4)11-7(13)3-8/h2H,3H2,1H3,(H2,9,10,11,12,13). The number of aromatic nitrogens is 2. The number of aryl methyl sites for hydroxylation is 1. The second kappa shape index (κ2) is 4.04. The molecule has 0 unspecified atom stereocenters. The molecule has 0 bridgehead atoms. The molecule has 0 aliphatic rings. The van der Waals surface area contributed by atoms with Gasteiger partial charge in [0.25, 0.3) is 5.56 Å². The summed E-state index contributed by atoms with van der Waals surface area (Å²) in [6.45, 7) is 1.62. The third kappa shape index (κ3) is 2.87. The van der Waals surface area contributed by atoms with Gasteiger partial charge >= 0.3 is 0 Å². The smallest absolute Gasteiger partial charge is 0.252 e. The highest BCUT2D eigenvalue weighted by atomic mass is 35.5. The molecule has 0 aliphatic carbocycles. The number of nitrogens with zero attached hydrogens (tertiary/aromatic N) is 1. The van der Waals surface area contributed by atoms with Crippen LogP contribution < -0.4 is 10.9 Å². The van der Waals surface area contributed by atoms with Crippen molar-refractivity contribution in [3.63, 3.8) is 0 Å². The van der Waals surface area contributed by atoms with Gasteiger partial charge in [0.2, 0.25) is 5.91 Å². The summed E-state index contributed by atoms with van der Waals surface area (Å²) in [5, 5.41) is 2.37. The molecule has 0 aliphatic heterocycles. The number of hydrogen-bond acceptors (Lipinski definition) is 3. The van der Waals surface area contributed by atoms with Crippen LogP contribution in [0.4, 0.5) is 5.82 Å². The first-order valence-corrected chi connectivity index (χ1v) is 4.09. The van der Waals surface area contributed by atoms with Crippen molar-refractivity contribution in [3.05, 3.63) is 22.2 Å². The molecule has 5 nitrogen and oxygen atoms in total. The largest absolute Gasteiger partial charge is 0.311 e. The molecule has 0 fully saturated rings. The predicted octanol–water partition coefficient (Wildman–Crippen LogP) is 0.256. The molecule has 0 spiro atoms. The van der Waals surface area contributed by atoms with Crippen molar-refractivity contribution in [1.29, 1.82) is 0 Å². The zero-order chi connectivity index (χ0) is 9.84. The van der Waals surface area contributed by atoms with E-state index in [9.17, 15) is 9.59 Å². The minimum absolute atomic E-state index is 0.159. The summed E-state index contributed by atoms with van der Waals surface area (Å²) >= 11 is 5.26. The molecule has 1 heterocycles. The molecular weight excluding hydrogens is 194 g/mol. The first-order chi connectivity index (χ1) is 6.11. The summed E-state index contributed by atoms with van der Waals surface area (Å²) in [6.07, 6.45) is 0. The number of hydrogen-bond donors (Lipinski definition) is 2. The van der Waals surface area contributed by atoms with Crippen LogP contribution in [0, 0.1) is 6.92 Å². The summed E-state index contributed by atoms with van der Waals surface area (Å²) in [5.41, 5.74) is -0.308. The van der Waals surface area contributed by atoms with E-state index in [0.29, 0.717) is 5.82 Å². The lowest BCUT2D eigenvalue weighted by atomic mass is 10.5. The van der Waals surface area contributed by atoms with Crippen LogP contribution in [0.1, 0.15) is 5.82 Å². The molecule has 1 amide bonds. The number of aromatic amines is 1. The van der Waals surface area contributed by atoms with Gasteiger partial charge in [-0.2, -0.15) is 0 Å². The molecule has 13 heavy (non-hydrogen) atoms. The Morgan fingerprint density at radius 1 is 1.77 bits per heavy atom. The fourth-order valence-corrected chi connectivity index (χ4v) is 0.887. The third-order valence-corrected chi connectivity index (χ3v) is 1.49. The van der Waals surface area contributed by atoms with E-state index >= 15 is 0 Å². The zero-order valence-corrected chi connectivity index (χ0v) is 7.68. The average Bonchev–Trinajstić information content (AvgIpc) is 2.02. The van der Waals surface area contributed by atoms with Gasteiger partial charge < -0.3 is 10.3 Å². The van der Waals surface area contributed by atoms with Crippen LogP contribution >= 0.6 is 11.6 Å². The van der Waals surface area contributed by atoms with Crippen molar-refractivity contribution < 1.29 is 4.79 Å². The Morgan fingerprint density at radius 2 is 2.46 bits per heavy atom. The van der Waals surface area contributed by atoms with E-state index < -0.39 is 0 Å². The SMILES string of the molecule is Cc1nc(NC(=O)CCl)cc(=O)[nH]1. The Kier molecular flexibility index (Phi) is 3.02. The molecule has 1 aromatic rings. The summed E-state index contributed by atoms with van der Waals surface area (Å²) in [7, 11) is 0. The first-order valence-electron chi connectivity index (χ1n) is 3.55. The van der Waals surface area contributed by atoms with E-state index in [0.717, 1.165) is 0 Å². The van der Waals surface area contributed by atoms with E-state index in [-0.39, 0.29) is 23.2 Å². The summed E-state index contributed by atoms with van der Waals surface area (Å²) in [6, 6.07) is 1.19. The Bertz CT molecular complexity index is 374. The van der Waals surface area contributed by atoms with E-state index in [1.807, 2.05) is 0 Å². The van der Waals surface area contributed by atoms with Gasteiger partial charge in [-0.15, -0.1) is 11.6 Å². The molecule has 0 aromatic carbocycles. The normalized spacial score (nSPS) is 9.69. The van der Waals surface area contributed by atoms with Crippen LogP contribution in [0.5, 0.6) is 0 Å². The van der Waals surface area contributed by atoms with Crippen LogP contribution in [0.2, 0.25) is 0 Å². The van der Waals surface area contributed by atoms with Crippen LogP contribution in [0.15, 0.2) is 10.9 Å². The highest BCUT2D eigenvalue weighted by molar-refractivity contribution is 6.28. The molecule has 0 saturated carbocycles. The van der Waals surface area contributed by atoms with Gasteiger partial charge in [0.1, 0.15) is 17.5 Å². The van der Waals surface area contributed by atoms with Crippen molar-refractivity contribution in [1.82, 2.24) is 9.97 Å². The van der Waals surface area contributed by atoms with Crippen molar-refractivity contribution in [3.8, 4) is 0 Å². The van der Waals surface area contributed by atoms with E-state index in [2.05, 4.69) is 15.3 Å². The van der Waals surface area contributed by atoms with Gasteiger partial charge in [0.15, 0.2) is 0 Å². The lowest BCUT2D eigenvalue weighted by molar-refractivity contribution is -0.113. The number of anilines is 1. The van der Waals surface area contributed by atoms with Gasteiger partial charge in [-0.05, 0) is 6.92 Å². The van der Waals surface area contributed by atoms with Crippen molar-refractivity contribution in [2.24, 2.45) is 0 Å². The van der Waals surface area contributed by atoms with Gasteiger partial charge in [-0.1, -0.05) is 0 Å². The summed E-state index contributed by atoms with van der Waals surface area (Å²) in [4.78, 5) is 28.0. The monoisotopic (exact) mass is 201 g/mol. The Labute approximate surface area is 79.1 Å². The number of halogens is 1. The maximum Gasteiger partial charge on any atom is 0.252 e. The molecule has 2 N–H and O–H groups in total. The molecule has 70 valence electrons. The topological polar surface area (TPSA) is 74.8 Å². The number of H-pyrrole nitrogens is 1. The fraction of sp³-hybridized carbons (Fsp3) is 0.286. The fourth-order valence-electron chi connectivity index (χ4n) is 0.820. The highest BCUT2D eigenvalue weighted by Gasteiger charge is 2.02. The molecular formula is C7H8ClN3O2. The molecule has 0 saturated heterocycles. The molecule has 1 rings (SSSR count). The van der Waals surface area contributed by atoms with Gasteiger partial charge in [-0.3, -0.25) is 9.59 Å². The predicted molar refractivity (Wildman–Crippen MR) is 48.9 cm³/mol. The number of rotatable bonds is 2. The zero-order valence-electron chi connectivity index (χ0n) is 6.93. The second-order valence-corrected chi connectivity index (χ2v) is 2.67. The molecule has 6 heteroatoms. The lowest BCUT2D eigenvalue weighted by Gasteiger charge is -2.01. The number of carbonyl (C=O) groups is 1. The van der Waals surface area contributed by atoms with Gasteiger partial charge in [0.05, 0.1) is 0 Å². The maximum absolute atomic E-state index is 10.9. The number of nitrogens with one attached hydrogen (secondary N) is 2. The van der Waals surface area contributed by atoms with E-state index in [1.165, 1.54) is 6.07 Å². The quantitative estimate of drug-likeness (QED) is 0.674. The Hall–Kier alpha value is -1.36. The number of carbonyl (C=O) groups excluding carboxylic acids is 1. The maximum atomic E-state index is 10.9. The molecule has 1 aromatic heterocycles. The van der Waals surface area contributed by atoms with Crippen LogP contribution in [0.3, 0.4) is 0 Å². The van der Waals surface area contributed by atoms with Crippen molar-refractivity contribution >= 4 is 23.3 Å². The molecule has 0 atom stereocenters. The average molecular weight is 202 g/mol. The third-order valence-electron chi connectivity index (χ3n) is 1.25. The minimum atomic E-state index is -0.390. The first kappa shape index (κ1) is 9.73. The lowest BCUT2D eigenvalue weighted by Crippen LogP contribution is -2.17. The van der Waals surface area contributed by atoms with E-state index in [4.69, 9.17) is 11.6 Å². The van der Waals surface area contributed by atoms with Gasteiger partial charge in [-0.25, -0.2) is 4.98 Å². The van der Waals surface area contributed by atoms with E-state index in [1.54, 1.807) is 6.92 Å². The minimum Gasteiger partial charge on any atom is -0.311 e. The van der Waals surface area contributed by atoms with Gasteiger partial charge in [0, 0.05) is 6.07 Å². The molecule has 0 radical (unpaired) electrons. The van der Waals surface area contributed by atoms with Crippen molar-refractivity contribution in [2.45, 2.75) is 6.92 Å². The Morgan fingerprint density at radius 3 is 3.00 bits per heavy atom. The Balaban J connectivity index is 2.89. The van der Waals surface area contributed by atoms with Crippen molar-refractivity contribution in [2.75, 3.05) is 11.2 Å². The highest BCUT2D eigenvalue weighted by Crippen LogP contribution is 1.97. The summed E-state index contributed by atoms with van der Waals surface area (Å²) < 4.78 is 0. The van der Waals surface area contributed by atoms with Crippen LogP contribution in [-0.4, -0.2) is 21.8 Å². The summed E-state index contributed by atoms with van der Waals surface area (Å²) in [5.74, 6) is 0.108. The second-order valence-electron chi connectivity index (χ2n) is 2.40. The van der Waals surface area contributed by atoms with Crippen LogP contribution in [0.25, 0.3) is 0 Å². The number of amides is 1. The van der Waals surface area contributed by atoms with Crippen LogP contribution in [-0.2, 0) is 4.79 Å².